The van der Waals surface area contributed by atoms with E-state index in [1.165, 1.54) is 31.3 Å². The van der Waals surface area contributed by atoms with Crippen molar-refractivity contribution in [3.8, 4) is 22.8 Å². The molecule has 4 nitrogen and oxygen atoms in total. The molecule has 5 aromatic carbocycles. The van der Waals surface area contributed by atoms with Gasteiger partial charge in [-0.2, -0.15) is 0 Å². The maximum absolute atomic E-state index is 6.47. The predicted molar refractivity (Wildman–Crippen MR) is 208 cm³/mol. The normalized spacial score (nSPS) is 18.7. The van der Waals surface area contributed by atoms with Gasteiger partial charge in [0.2, 0.25) is 0 Å². The summed E-state index contributed by atoms with van der Waals surface area (Å²) < 4.78 is 8.93. The van der Waals surface area contributed by atoms with Crippen molar-refractivity contribution >= 4 is 65.1 Å². The van der Waals surface area contributed by atoms with Gasteiger partial charge in [0, 0.05) is 58.6 Å². The zero-order valence-electron chi connectivity index (χ0n) is 27.9. The minimum absolute atomic E-state index is 0.264. The number of hydrogen-bond donors (Lipinski definition) is 0. The summed E-state index contributed by atoms with van der Waals surface area (Å²) in [5.74, 6) is 2.46. The van der Waals surface area contributed by atoms with Crippen LogP contribution in [0.15, 0.2) is 132 Å². The van der Waals surface area contributed by atoms with Crippen LogP contribution in [0.25, 0.3) is 76.5 Å². The first-order chi connectivity index (χ1) is 24.5. The smallest absolute Gasteiger partial charge is 0.165 e. The number of hydrogen-bond acceptors (Lipinski definition) is 5. The molecule has 5 heteroatoms. The van der Waals surface area contributed by atoms with Gasteiger partial charge in [-0.1, -0.05) is 123 Å². The second-order valence-corrected chi connectivity index (χ2v) is 14.8. The molecule has 0 saturated carbocycles. The Bertz CT molecular complexity index is 2760. The third-order valence-electron chi connectivity index (χ3n) is 10.7. The molecule has 3 heterocycles. The van der Waals surface area contributed by atoms with E-state index in [2.05, 4.69) is 141 Å². The first-order valence-electron chi connectivity index (χ1n) is 17.3. The van der Waals surface area contributed by atoms with Crippen molar-refractivity contribution in [2.45, 2.75) is 32.1 Å². The van der Waals surface area contributed by atoms with E-state index in [9.17, 15) is 0 Å². The number of thiophene rings is 1. The van der Waals surface area contributed by atoms with Gasteiger partial charge in [-0.25, -0.2) is 15.0 Å². The fraction of sp³-hybridized carbons (Fsp3) is 0.133. The van der Waals surface area contributed by atoms with Gasteiger partial charge in [0.05, 0.1) is 0 Å². The van der Waals surface area contributed by atoms with Crippen molar-refractivity contribution in [3.05, 3.63) is 150 Å². The molecule has 0 aliphatic heterocycles. The van der Waals surface area contributed by atoms with Gasteiger partial charge < -0.3 is 4.42 Å². The molecule has 0 fully saturated rings. The van der Waals surface area contributed by atoms with E-state index >= 15 is 0 Å². The maximum atomic E-state index is 6.47. The second-order valence-electron chi connectivity index (χ2n) is 13.8. The molecule has 0 spiro atoms. The first kappa shape index (κ1) is 29.3. The lowest BCUT2D eigenvalue weighted by Crippen LogP contribution is -2.26. The Labute approximate surface area is 294 Å². The molecule has 2 aliphatic rings. The molecule has 3 aromatic heterocycles. The Morgan fingerprint density at radius 3 is 2.46 bits per heavy atom. The Morgan fingerprint density at radius 1 is 0.740 bits per heavy atom. The lowest BCUT2D eigenvalue weighted by Gasteiger charge is -2.34. The van der Waals surface area contributed by atoms with Crippen LogP contribution in [0.3, 0.4) is 0 Å². The Morgan fingerprint density at radius 2 is 1.54 bits per heavy atom. The quantitative estimate of drug-likeness (QED) is 0.188. The Kier molecular flexibility index (Phi) is 6.55. The lowest BCUT2D eigenvalue weighted by molar-refractivity contribution is 0.572. The topological polar surface area (TPSA) is 51.8 Å². The Hall–Kier alpha value is -5.65. The number of benzene rings is 5. The number of nitrogens with zero attached hydrogens (tertiary/aromatic N) is 3. The highest BCUT2D eigenvalue weighted by Crippen LogP contribution is 2.46. The number of para-hydroxylation sites is 1. The van der Waals surface area contributed by atoms with Crippen LogP contribution in [0.5, 0.6) is 0 Å². The van der Waals surface area contributed by atoms with Gasteiger partial charge in [-0.3, -0.25) is 0 Å². The number of furan rings is 1. The third kappa shape index (κ3) is 4.46. The molecule has 50 heavy (non-hydrogen) atoms. The molecule has 8 aromatic rings. The van der Waals surface area contributed by atoms with E-state index in [1.807, 2.05) is 6.07 Å². The molecular weight excluding hydrogens is 631 g/mol. The van der Waals surface area contributed by atoms with Gasteiger partial charge in [-0.15, -0.1) is 11.3 Å². The van der Waals surface area contributed by atoms with Crippen LogP contribution in [0.1, 0.15) is 49.2 Å². The van der Waals surface area contributed by atoms with Crippen LogP contribution in [-0.4, -0.2) is 15.0 Å². The molecule has 2 atom stereocenters. The summed E-state index contributed by atoms with van der Waals surface area (Å²) in [6, 6.07) is 36.7. The summed E-state index contributed by atoms with van der Waals surface area (Å²) in [7, 11) is 0. The van der Waals surface area contributed by atoms with Crippen molar-refractivity contribution in [1.82, 2.24) is 15.0 Å². The van der Waals surface area contributed by atoms with Crippen molar-refractivity contribution in [1.29, 1.82) is 0 Å². The molecule has 2 unspecified atom stereocenters. The average Bonchev–Trinajstić information content (AvgIpc) is 3.74. The average molecular weight is 664 g/mol. The highest BCUT2D eigenvalue weighted by Gasteiger charge is 2.34. The summed E-state index contributed by atoms with van der Waals surface area (Å²) in [6.07, 6.45) is 12.9. The fourth-order valence-electron chi connectivity index (χ4n) is 7.97. The van der Waals surface area contributed by atoms with Crippen LogP contribution in [0, 0.1) is 5.92 Å². The van der Waals surface area contributed by atoms with E-state index in [0.717, 1.165) is 62.9 Å². The maximum Gasteiger partial charge on any atom is 0.165 e. The van der Waals surface area contributed by atoms with E-state index in [-0.39, 0.29) is 5.41 Å². The minimum atomic E-state index is -0.264. The molecule has 0 radical (unpaired) electrons. The van der Waals surface area contributed by atoms with E-state index < -0.39 is 0 Å². The summed E-state index contributed by atoms with van der Waals surface area (Å²) >= 11 is 1.80. The van der Waals surface area contributed by atoms with Crippen molar-refractivity contribution < 1.29 is 4.42 Å². The number of aromatic nitrogens is 3. The van der Waals surface area contributed by atoms with E-state index in [0.29, 0.717) is 17.6 Å². The molecule has 0 saturated heterocycles. The van der Waals surface area contributed by atoms with Gasteiger partial charge in [-0.05, 0) is 54.2 Å². The Balaban J connectivity index is 1.14. The fourth-order valence-corrected chi connectivity index (χ4v) is 9.18. The molecule has 0 bridgehead atoms. The standard InChI is InChI=1S/C45H33N3OS/c1-27-12-3-4-15-30(27)43-46-42(47-44(48-43)36-19-10-18-34-32-17-6-8-22-39(32)50-41(34)36)28-13-9-14-29(26-28)45(2)25-11-20-35-37(45)24-23-33-31-16-5-7-21-38(31)49-40(33)35/h3-11,13-24,26-27H,12,25H2,1-2H3. The second kappa shape index (κ2) is 11.2. The van der Waals surface area contributed by atoms with Gasteiger partial charge >= 0.3 is 0 Å². The van der Waals surface area contributed by atoms with Crippen molar-refractivity contribution in [2.24, 2.45) is 5.92 Å². The minimum Gasteiger partial charge on any atom is -0.455 e. The molecule has 0 N–H and O–H groups in total. The zero-order valence-corrected chi connectivity index (χ0v) is 28.7. The van der Waals surface area contributed by atoms with E-state index in [1.54, 1.807) is 11.3 Å². The SMILES string of the molecule is CC1CC=CC=C1c1nc(-c2cccc(C3(C)CC=Cc4c3ccc3c4oc4ccccc43)c2)nc(-c2cccc3c2sc2ccccc23)n1. The summed E-state index contributed by atoms with van der Waals surface area (Å²) in [6.45, 7) is 4.59. The highest BCUT2D eigenvalue weighted by atomic mass is 32.1. The lowest BCUT2D eigenvalue weighted by atomic mass is 9.69. The predicted octanol–water partition coefficient (Wildman–Crippen LogP) is 12.2. The molecule has 2 aliphatic carbocycles. The largest absolute Gasteiger partial charge is 0.455 e. The molecule has 240 valence electrons. The van der Waals surface area contributed by atoms with Crippen molar-refractivity contribution in [2.75, 3.05) is 0 Å². The first-order valence-corrected chi connectivity index (χ1v) is 18.1. The van der Waals surface area contributed by atoms with Gasteiger partial charge in [0.25, 0.3) is 0 Å². The third-order valence-corrected chi connectivity index (χ3v) is 11.9. The summed E-state index contributed by atoms with van der Waals surface area (Å²) in [4.78, 5) is 15.6. The van der Waals surface area contributed by atoms with Crippen LogP contribution >= 0.6 is 11.3 Å². The van der Waals surface area contributed by atoms with Gasteiger partial charge in [0.1, 0.15) is 11.2 Å². The molecular formula is C45H33N3OS. The van der Waals surface area contributed by atoms with Gasteiger partial charge in [0.15, 0.2) is 17.5 Å². The van der Waals surface area contributed by atoms with Crippen molar-refractivity contribution in [3.63, 3.8) is 0 Å². The monoisotopic (exact) mass is 663 g/mol. The van der Waals surface area contributed by atoms with Crippen LogP contribution in [-0.2, 0) is 5.41 Å². The zero-order chi connectivity index (χ0) is 33.4. The summed E-state index contributed by atoms with van der Waals surface area (Å²) in [5.41, 5.74) is 8.42. The number of fused-ring (bicyclic) bond motifs is 8. The van der Waals surface area contributed by atoms with Crippen LogP contribution < -0.4 is 0 Å². The molecule has 10 rings (SSSR count). The van der Waals surface area contributed by atoms with Crippen LogP contribution in [0.2, 0.25) is 0 Å². The van der Waals surface area contributed by atoms with Crippen LogP contribution in [0.4, 0.5) is 0 Å². The molecule has 0 amide bonds. The summed E-state index contributed by atoms with van der Waals surface area (Å²) in [5, 5.41) is 4.80. The van der Waals surface area contributed by atoms with E-state index in [4.69, 9.17) is 19.4 Å². The number of rotatable bonds is 4. The highest BCUT2D eigenvalue weighted by molar-refractivity contribution is 7.26. The number of allylic oxidation sites excluding steroid dienone is 5.